The van der Waals surface area contributed by atoms with Crippen LogP contribution in [0, 0.1) is 23.7 Å². The summed E-state index contributed by atoms with van der Waals surface area (Å²) < 4.78 is 11.9. The molecule has 0 aliphatic carbocycles. The van der Waals surface area contributed by atoms with Crippen LogP contribution in [0.3, 0.4) is 0 Å². The van der Waals surface area contributed by atoms with E-state index in [1.54, 1.807) is 50.7 Å². The van der Waals surface area contributed by atoms with Crippen molar-refractivity contribution < 1.29 is 48.1 Å². The van der Waals surface area contributed by atoms with E-state index in [9.17, 15) is 38.7 Å². The number of likely N-dealkylation sites (N-methyl/N-ethyl adjacent to an activating group) is 2. The number of hydrogen-bond donors (Lipinski definition) is 3. The first kappa shape index (κ1) is 60.1. The number of aliphatic hydroxyl groups is 1. The van der Waals surface area contributed by atoms with Gasteiger partial charge in [0.15, 0.2) is 0 Å². The molecule has 0 bridgehead atoms. The Labute approximate surface area is 411 Å². The van der Waals surface area contributed by atoms with E-state index in [1.165, 1.54) is 41.1 Å². The minimum atomic E-state index is -1.01. The Hall–Kier alpha value is -4.06. The first-order chi connectivity index (χ1) is 32.1. The maximum atomic E-state index is 14.2. The van der Waals surface area contributed by atoms with Crippen molar-refractivity contribution >= 4 is 53.1 Å². The average molecular weight is 975 g/mol. The molecule has 0 aromatic carbocycles. The number of allylic oxidation sites excluding steroid dienone is 2. The van der Waals surface area contributed by atoms with Gasteiger partial charge >= 0.3 is 0 Å². The van der Waals surface area contributed by atoms with Crippen molar-refractivity contribution in [3.8, 4) is 0 Å². The van der Waals surface area contributed by atoms with E-state index >= 15 is 0 Å². The van der Waals surface area contributed by atoms with Crippen LogP contribution in [0.15, 0.2) is 37.0 Å². The molecule has 2 fully saturated rings. The lowest BCUT2D eigenvalue weighted by Gasteiger charge is -2.39. The van der Waals surface area contributed by atoms with Gasteiger partial charge in [-0.15, -0.1) is 11.8 Å². The molecule has 10 unspecified atom stereocenters. The van der Waals surface area contributed by atoms with Crippen LogP contribution in [0.2, 0.25) is 0 Å². The smallest absolute Gasteiger partial charge is 0.243 e. The monoisotopic (exact) mass is 975 g/mol. The zero-order valence-corrected chi connectivity index (χ0v) is 44.1. The molecule has 2 heterocycles. The van der Waals surface area contributed by atoms with E-state index in [-0.39, 0.29) is 78.3 Å². The number of nitrogens with one attached hydrogen (secondary N) is 2. The molecule has 68 heavy (non-hydrogen) atoms. The molecule has 3 N–H and O–H groups in total. The van der Waals surface area contributed by atoms with E-state index in [0.29, 0.717) is 63.1 Å². The van der Waals surface area contributed by atoms with E-state index in [4.69, 9.17) is 9.47 Å². The highest BCUT2D eigenvalue weighted by Crippen LogP contribution is 2.30. The van der Waals surface area contributed by atoms with Crippen LogP contribution in [0.1, 0.15) is 120 Å². The summed E-state index contributed by atoms with van der Waals surface area (Å²) in [6.45, 7) is 23.2. The van der Waals surface area contributed by atoms with Crippen LogP contribution in [0.4, 0.5) is 0 Å². The normalized spacial score (nSPS) is 20.1. The Morgan fingerprint density at radius 3 is 2.19 bits per heavy atom. The van der Waals surface area contributed by atoms with Gasteiger partial charge in [-0.2, -0.15) is 0 Å². The molecule has 386 valence electrons. The van der Waals surface area contributed by atoms with E-state index in [2.05, 4.69) is 37.6 Å². The molecule has 16 nitrogen and oxygen atoms in total. The fraction of sp³-hybridized carbons (Fsp3) is 0.745. The molecule has 2 aliphatic rings. The summed E-state index contributed by atoms with van der Waals surface area (Å²) in [4.78, 5) is 100. The summed E-state index contributed by atoms with van der Waals surface area (Å²) in [6.07, 6.45) is 7.46. The second kappa shape index (κ2) is 29.9. The number of thioether (sulfide) groups is 1. The largest absolute Gasteiger partial charge is 0.386 e. The summed E-state index contributed by atoms with van der Waals surface area (Å²) in [6, 6.07) is -2.41. The Balaban J connectivity index is 2.03. The minimum Gasteiger partial charge on any atom is -0.386 e. The molecule has 0 spiro atoms. The highest BCUT2D eigenvalue weighted by atomic mass is 32.2. The maximum absolute atomic E-state index is 14.2. The Kier molecular flexibility index (Phi) is 26.4. The third kappa shape index (κ3) is 17.1. The summed E-state index contributed by atoms with van der Waals surface area (Å²) >= 11 is 1.55. The SMILES string of the molecule is C=C/C=C(\C=C)C(O)C(C)NC(=O)C(C)C(OC)C1CCCN1C(=O)CC(OC)C(C(C)CC)N(C)C(=O)CNC(=O)C(C(C)C)N(C)C(=O)CCCCCN1C(=O)CC(SCCC(C)C)C1=O. The van der Waals surface area contributed by atoms with Crippen LogP contribution in [0.25, 0.3) is 0 Å². The van der Waals surface area contributed by atoms with E-state index in [1.807, 2.05) is 27.7 Å². The van der Waals surface area contributed by atoms with Gasteiger partial charge in [0.25, 0.3) is 0 Å². The number of imide groups is 1. The number of amides is 7. The fourth-order valence-corrected chi connectivity index (χ4v) is 10.7. The van der Waals surface area contributed by atoms with Crippen LogP contribution in [0.5, 0.6) is 0 Å². The first-order valence-electron chi connectivity index (χ1n) is 24.6. The van der Waals surface area contributed by atoms with Crippen molar-refractivity contribution in [3.05, 3.63) is 37.0 Å². The first-order valence-corrected chi connectivity index (χ1v) is 25.7. The average Bonchev–Trinajstić information content (AvgIpc) is 3.89. The van der Waals surface area contributed by atoms with Crippen molar-refractivity contribution in [2.45, 2.75) is 167 Å². The number of hydrogen-bond acceptors (Lipinski definition) is 11. The Morgan fingerprint density at radius 1 is 0.941 bits per heavy atom. The minimum absolute atomic E-state index is 0.0405. The molecule has 2 rings (SSSR count). The number of nitrogens with zero attached hydrogens (tertiary/aromatic N) is 4. The van der Waals surface area contributed by atoms with Crippen LogP contribution >= 0.6 is 11.8 Å². The van der Waals surface area contributed by atoms with Crippen molar-refractivity contribution in [1.82, 2.24) is 30.2 Å². The molecule has 7 amide bonds. The lowest BCUT2D eigenvalue weighted by molar-refractivity contribution is -0.146. The highest BCUT2D eigenvalue weighted by Gasteiger charge is 2.43. The van der Waals surface area contributed by atoms with Gasteiger partial charge in [-0.25, -0.2) is 0 Å². The fourth-order valence-electron chi connectivity index (χ4n) is 9.31. The molecular weight excluding hydrogens is 889 g/mol. The molecule has 2 aliphatic heterocycles. The molecular formula is C51H86N6O10S. The van der Waals surface area contributed by atoms with Crippen molar-refractivity contribution in [2.75, 3.05) is 53.7 Å². The van der Waals surface area contributed by atoms with E-state index < -0.39 is 54.3 Å². The summed E-state index contributed by atoms with van der Waals surface area (Å²) in [5.74, 6) is -1.52. The molecule has 0 aromatic heterocycles. The zero-order valence-electron chi connectivity index (χ0n) is 43.3. The molecule has 0 aromatic rings. The van der Waals surface area contributed by atoms with Gasteiger partial charge in [-0.05, 0) is 68.1 Å². The number of rotatable bonds is 31. The number of carbonyl (C=O) groups is 7. The second-order valence-electron chi connectivity index (χ2n) is 19.3. The highest BCUT2D eigenvalue weighted by molar-refractivity contribution is 8.00. The quantitative estimate of drug-likeness (QED) is 0.0473. The lowest BCUT2D eigenvalue weighted by atomic mass is 9.90. The zero-order chi connectivity index (χ0) is 51.4. The third-order valence-electron chi connectivity index (χ3n) is 13.6. The van der Waals surface area contributed by atoms with Gasteiger partial charge in [0.05, 0.1) is 60.6 Å². The number of aliphatic hydroxyl groups excluding tert-OH is 1. The Bertz CT molecular complexity index is 1740. The summed E-state index contributed by atoms with van der Waals surface area (Å²) in [7, 11) is 6.25. The van der Waals surface area contributed by atoms with Crippen LogP contribution in [-0.2, 0) is 43.0 Å². The van der Waals surface area contributed by atoms with E-state index in [0.717, 1.165) is 12.2 Å². The summed E-state index contributed by atoms with van der Waals surface area (Å²) in [5, 5.41) is 16.1. The Morgan fingerprint density at radius 2 is 1.62 bits per heavy atom. The molecule has 0 saturated carbocycles. The van der Waals surface area contributed by atoms with Gasteiger partial charge in [0.1, 0.15) is 6.04 Å². The van der Waals surface area contributed by atoms with Gasteiger partial charge < -0.3 is 39.9 Å². The van der Waals surface area contributed by atoms with Gasteiger partial charge in [0, 0.05) is 54.2 Å². The predicted octanol–water partition coefficient (Wildman–Crippen LogP) is 5.14. The van der Waals surface area contributed by atoms with Crippen LogP contribution < -0.4 is 10.6 Å². The number of carbonyl (C=O) groups excluding carboxylic acids is 7. The number of unbranched alkanes of at least 4 members (excludes halogenated alkanes) is 2. The van der Waals surface area contributed by atoms with Crippen molar-refractivity contribution in [3.63, 3.8) is 0 Å². The van der Waals surface area contributed by atoms with Gasteiger partial charge in [-0.3, -0.25) is 38.5 Å². The standard InChI is InChI=1S/C51H86N6O10S/c1-15-22-37(17-3)47(62)36(10)53-49(63)35(9)48(67-14)38-23-21-27-56(38)42(59)29-39(66-13)46(34(8)16-2)55(12)44(61)31-52-50(64)45(33(6)7)54(11)41(58)24-19-18-20-26-57-43(60)30-40(51(57)65)68-28-25-32(4)5/h15,17,22,32-36,38-40,45-48,62H,1,3,16,18-21,23-31H2,2,4-14H3,(H,52,64)(H,53,63)/b37-22+. The molecule has 0 radical (unpaired) electrons. The number of ether oxygens (including phenoxy) is 2. The molecule has 17 heteroatoms. The predicted molar refractivity (Wildman–Crippen MR) is 268 cm³/mol. The molecule has 2 saturated heterocycles. The van der Waals surface area contributed by atoms with Gasteiger partial charge in [0.2, 0.25) is 41.4 Å². The molecule has 10 atom stereocenters. The lowest BCUT2D eigenvalue weighted by Crippen LogP contribution is -2.56. The van der Waals surface area contributed by atoms with Crippen molar-refractivity contribution in [1.29, 1.82) is 0 Å². The number of likely N-dealkylation sites (tertiary alicyclic amines) is 2. The van der Waals surface area contributed by atoms with Crippen molar-refractivity contribution in [2.24, 2.45) is 23.7 Å². The number of methoxy groups -OCH3 is 2. The van der Waals surface area contributed by atoms with Crippen LogP contribution in [-0.4, -0.2) is 167 Å². The van der Waals surface area contributed by atoms with Gasteiger partial charge in [-0.1, -0.05) is 92.7 Å². The third-order valence-corrected chi connectivity index (χ3v) is 14.9. The topological polar surface area (TPSA) is 195 Å². The second-order valence-corrected chi connectivity index (χ2v) is 20.7. The summed E-state index contributed by atoms with van der Waals surface area (Å²) in [5.41, 5.74) is 0.516. The maximum Gasteiger partial charge on any atom is 0.243 e.